The molecule has 10 heteroatoms. The maximum Gasteiger partial charge on any atom is 0.264 e. The van der Waals surface area contributed by atoms with Gasteiger partial charge in [0.2, 0.25) is 11.8 Å². The molecule has 1 aromatic heterocycles. The first kappa shape index (κ1) is 25.9. The molecule has 4 bridgehead atoms. The first-order valence-electron chi connectivity index (χ1n) is 12.1. The average Bonchev–Trinajstić information content (AvgIpc) is 2.85. The lowest BCUT2D eigenvalue weighted by molar-refractivity contribution is 0.210. The van der Waals surface area contributed by atoms with E-state index in [1.807, 2.05) is 56.3 Å². The van der Waals surface area contributed by atoms with Crippen LogP contribution in [0, 0.1) is 13.8 Å². The smallest absolute Gasteiger partial charge is 0.264 e. The van der Waals surface area contributed by atoms with Crippen LogP contribution in [0.25, 0.3) is 11.3 Å². The van der Waals surface area contributed by atoms with Gasteiger partial charge in [0, 0.05) is 22.6 Å². The summed E-state index contributed by atoms with van der Waals surface area (Å²) in [6, 6.07) is 21.7. The third-order valence-corrected chi connectivity index (χ3v) is 9.32. The summed E-state index contributed by atoms with van der Waals surface area (Å²) in [5.41, 5.74) is 4.91. The molecule has 3 aromatic carbocycles. The van der Waals surface area contributed by atoms with Gasteiger partial charge in [-0.05, 0) is 62.1 Å². The topological polar surface area (TPSA) is 110 Å². The lowest BCUT2D eigenvalue weighted by Gasteiger charge is -2.23. The van der Waals surface area contributed by atoms with E-state index in [-0.39, 0.29) is 16.7 Å². The molecule has 5 rings (SSSR count). The molecule has 0 spiro atoms. The Bertz CT molecular complexity index is 1650. The number of fused-ring (bicyclic) bond motifs is 4. The largest absolute Gasteiger partial charge is 0.467 e. The summed E-state index contributed by atoms with van der Waals surface area (Å²) in [7, 11) is -6.35. The van der Waals surface area contributed by atoms with E-state index in [1.165, 1.54) is 6.07 Å². The van der Waals surface area contributed by atoms with Crippen LogP contribution in [0.4, 0.5) is 11.6 Å². The highest BCUT2D eigenvalue weighted by Gasteiger charge is 2.23. The molecule has 0 amide bonds. The quantitative estimate of drug-likeness (QED) is 0.332. The van der Waals surface area contributed by atoms with E-state index in [9.17, 15) is 13.0 Å². The molecule has 1 unspecified atom stereocenters. The predicted molar refractivity (Wildman–Crippen MR) is 152 cm³/mol. The van der Waals surface area contributed by atoms with Crippen LogP contribution in [-0.2, 0) is 14.6 Å². The second kappa shape index (κ2) is 9.89. The van der Waals surface area contributed by atoms with Crippen molar-refractivity contribution in [3.63, 3.8) is 0 Å². The van der Waals surface area contributed by atoms with Crippen molar-refractivity contribution >= 4 is 34.1 Å². The molecule has 2 heterocycles. The molecule has 0 fully saturated rings. The summed E-state index contributed by atoms with van der Waals surface area (Å²) >= 11 is 0. The van der Waals surface area contributed by atoms with Crippen molar-refractivity contribution in [2.75, 3.05) is 29.9 Å². The number of sulfonamides is 1. The number of nitrogens with one attached hydrogen (secondary N) is 2. The maximum absolute atomic E-state index is 13.2. The molecule has 1 atom stereocenters. The fourth-order valence-electron chi connectivity index (χ4n) is 4.46. The van der Waals surface area contributed by atoms with Crippen LogP contribution in [-0.4, -0.2) is 38.3 Å². The number of aromatic nitrogens is 2. The van der Waals surface area contributed by atoms with E-state index in [0.717, 1.165) is 27.6 Å². The van der Waals surface area contributed by atoms with E-state index in [0.29, 0.717) is 17.9 Å². The molecular formula is C28H29N4O4PS. The maximum atomic E-state index is 13.2. The Labute approximate surface area is 222 Å². The fourth-order valence-corrected chi connectivity index (χ4v) is 6.32. The molecule has 0 aliphatic carbocycles. The fraction of sp³-hybridized carbons (Fsp3) is 0.214. The first-order chi connectivity index (χ1) is 18.0. The van der Waals surface area contributed by atoms with Gasteiger partial charge in [0.15, 0.2) is 0 Å². The van der Waals surface area contributed by atoms with E-state index >= 15 is 0 Å². The van der Waals surface area contributed by atoms with Gasteiger partial charge in [-0.2, -0.15) is 4.98 Å². The number of hydrogen-bond acceptors (Lipinski definition) is 7. The Morgan fingerprint density at radius 2 is 1.61 bits per heavy atom. The highest BCUT2D eigenvalue weighted by molar-refractivity contribution is 7.92. The second-order valence-corrected chi connectivity index (χ2v) is 14.6. The predicted octanol–water partition coefficient (Wildman–Crippen LogP) is 5.35. The standard InChI is InChI=1S/C28H29N4O4PS/c1-18-7-5-8-19(2)27(18)24-16-26-31-28(30-24)32-38(34,35)23-10-6-9-21(15-23)29-17-25(36-26)20-11-13-22(14-12-20)37(3,4)33/h5-16,25,29H,17H2,1-4H3,(H,30,31,32). The zero-order valence-corrected chi connectivity index (χ0v) is 23.3. The minimum absolute atomic E-state index is 0.0777. The molecule has 38 heavy (non-hydrogen) atoms. The van der Waals surface area contributed by atoms with Gasteiger partial charge in [0.1, 0.15) is 13.2 Å². The Morgan fingerprint density at radius 3 is 2.29 bits per heavy atom. The van der Waals surface area contributed by atoms with Gasteiger partial charge in [0.25, 0.3) is 10.0 Å². The third-order valence-electron chi connectivity index (χ3n) is 6.45. The SMILES string of the molecule is Cc1cccc(C)c1-c1cc2nc(n1)NS(=O)(=O)c1cccc(c1)NCC(c1ccc(P(C)(C)=O)cc1)O2. The molecule has 8 nitrogen and oxygen atoms in total. The molecule has 1 aliphatic rings. The van der Waals surface area contributed by atoms with E-state index < -0.39 is 23.3 Å². The van der Waals surface area contributed by atoms with Crippen molar-refractivity contribution in [3.8, 4) is 17.1 Å². The molecule has 1 aliphatic heterocycles. The van der Waals surface area contributed by atoms with Crippen LogP contribution in [0.5, 0.6) is 5.88 Å². The third kappa shape index (κ3) is 5.44. The molecule has 0 saturated heterocycles. The van der Waals surface area contributed by atoms with Crippen LogP contribution in [0.2, 0.25) is 0 Å². The molecule has 0 radical (unpaired) electrons. The van der Waals surface area contributed by atoms with Gasteiger partial charge in [0.05, 0.1) is 17.1 Å². The second-order valence-electron chi connectivity index (χ2n) is 9.74. The first-order valence-corrected chi connectivity index (χ1v) is 16.2. The molecule has 0 saturated carbocycles. The Balaban J connectivity index is 1.65. The number of benzene rings is 3. The summed E-state index contributed by atoms with van der Waals surface area (Å²) in [5.74, 6) is 0.151. The summed E-state index contributed by atoms with van der Waals surface area (Å²) in [5, 5.41) is 4.07. The molecule has 4 aromatic rings. The van der Waals surface area contributed by atoms with Crippen molar-refractivity contribution in [2.24, 2.45) is 0 Å². The Hall–Kier alpha value is -3.68. The summed E-state index contributed by atoms with van der Waals surface area (Å²) in [6.07, 6.45) is -0.481. The number of anilines is 2. The van der Waals surface area contributed by atoms with E-state index in [4.69, 9.17) is 4.74 Å². The number of ether oxygens (including phenoxy) is 1. The van der Waals surface area contributed by atoms with Crippen LogP contribution < -0.4 is 20.1 Å². The number of nitrogens with zero attached hydrogens (tertiary/aromatic N) is 2. The monoisotopic (exact) mass is 548 g/mol. The van der Waals surface area contributed by atoms with E-state index in [2.05, 4.69) is 20.0 Å². The van der Waals surface area contributed by atoms with Crippen molar-refractivity contribution in [3.05, 3.63) is 89.5 Å². The summed E-state index contributed by atoms with van der Waals surface area (Å²) in [4.78, 5) is 9.08. The van der Waals surface area contributed by atoms with Gasteiger partial charge in [-0.3, -0.25) is 0 Å². The molecule has 196 valence electrons. The lowest BCUT2D eigenvalue weighted by atomic mass is 10.00. The Morgan fingerprint density at radius 1 is 0.921 bits per heavy atom. The van der Waals surface area contributed by atoms with Crippen molar-refractivity contribution in [1.82, 2.24) is 9.97 Å². The van der Waals surface area contributed by atoms with Gasteiger partial charge < -0.3 is 14.6 Å². The average molecular weight is 549 g/mol. The highest BCUT2D eigenvalue weighted by atomic mass is 32.2. The van der Waals surface area contributed by atoms with Crippen LogP contribution in [0.1, 0.15) is 22.8 Å². The van der Waals surface area contributed by atoms with Crippen LogP contribution in [0.3, 0.4) is 0 Å². The van der Waals surface area contributed by atoms with Crippen molar-refractivity contribution < 1.29 is 17.7 Å². The molecular weight excluding hydrogens is 519 g/mol. The van der Waals surface area contributed by atoms with Crippen LogP contribution >= 0.6 is 7.14 Å². The number of hydrogen-bond donors (Lipinski definition) is 2. The van der Waals surface area contributed by atoms with Crippen molar-refractivity contribution in [2.45, 2.75) is 24.8 Å². The van der Waals surface area contributed by atoms with Gasteiger partial charge >= 0.3 is 0 Å². The van der Waals surface area contributed by atoms with Crippen LogP contribution in [0.15, 0.2) is 77.7 Å². The Kier molecular flexibility index (Phi) is 6.75. The lowest BCUT2D eigenvalue weighted by Crippen LogP contribution is -2.22. The van der Waals surface area contributed by atoms with Gasteiger partial charge in [-0.25, -0.2) is 18.1 Å². The zero-order chi connectivity index (χ0) is 27.1. The minimum atomic E-state index is -3.95. The summed E-state index contributed by atoms with van der Waals surface area (Å²) < 4.78 is 47.8. The van der Waals surface area contributed by atoms with Gasteiger partial charge in [-0.15, -0.1) is 0 Å². The zero-order valence-electron chi connectivity index (χ0n) is 21.6. The number of aryl methyl sites for hydroxylation is 2. The summed E-state index contributed by atoms with van der Waals surface area (Å²) in [6.45, 7) is 7.77. The molecule has 2 N–H and O–H groups in total. The number of rotatable bonds is 3. The normalized spacial score (nSPS) is 16.7. The van der Waals surface area contributed by atoms with Gasteiger partial charge in [-0.1, -0.05) is 48.5 Å². The highest BCUT2D eigenvalue weighted by Crippen LogP contribution is 2.35. The van der Waals surface area contributed by atoms with E-state index in [1.54, 1.807) is 37.6 Å². The minimum Gasteiger partial charge on any atom is -0.467 e. The van der Waals surface area contributed by atoms with Crippen molar-refractivity contribution in [1.29, 1.82) is 0 Å².